The first-order valence-corrected chi connectivity index (χ1v) is 9.08. The molecule has 0 unspecified atom stereocenters. The molecule has 0 bridgehead atoms. The Morgan fingerprint density at radius 1 is 1.04 bits per heavy atom. The number of nitrogens with zero attached hydrogens (tertiary/aromatic N) is 2. The van der Waals surface area contributed by atoms with E-state index in [1.807, 2.05) is 0 Å². The molecular weight excluding hydrogens is 387 g/mol. The second kappa shape index (κ2) is 7.72. The van der Waals surface area contributed by atoms with E-state index in [0.717, 1.165) is 4.90 Å². The highest BCUT2D eigenvalue weighted by Crippen LogP contribution is 2.37. The Balaban J connectivity index is 2.16. The van der Waals surface area contributed by atoms with Crippen LogP contribution in [0.4, 0.5) is 5.69 Å². The zero-order valence-corrected chi connectivity index (χ0v) is 16.4. The summed E-state index contributed by atoms with van der Waals surface area (Å²) < 4.78 is 0. The normalized spacial score (nSPS) is 14.3. The largest absolute Gasteiger partial charge is 0.395 e. The van der Waals surface area contributed by atoms with Crippen molar-refractivity contribution in [1.82, 2.24) is 4.90 Å². The Kier molecular flexibility index (Phi) is 5.56. The van der Waals surface area contributed by atoms with Crippen LogP contribution in [0.15, 0.2) is 48.2 Å². The van der Waals surface area contributed by atoms with E-state index in [9.17, 15) is 14.7 Å². The van der Waals surface area contributed by atoms with Crippen LogP contribution in [0, 0.1) is 6.92 Å². The van der Waals surface area contributed by atoms with E-state index >= 15 is 0 Å². The molecule has 0 saturated heterocycles. The molecule has 0 aliphatic carbocycles. The number of benzene rings is 2. The van der Waals surface area contributed by atoms with Gasteiger partial charge in [-0.2, -0.15) is 0 Å². The van der Waals surface area contributed by atoms with Crippen LogP contribution in [0.5, 0.6) is 0 Å². The van der Waals surface area contributed by atoms with Crippen LogP contribution in [0.2, 0.25) is 10.0 Å². The van der Waals surface area contributed by atoms with Gasteiger partial charge in [-0.1, -0.05) is 41.4 Å². The number of amides is 2. The number of hydrogen-bond acceptors (Lipinski definition) is 4. The highest BCUT2D eigenvalue weighted by molar-refractivity contribution is 6.46. The summed E-state index contributed by atoms with van der Waals surface area (Å²) in [5.74, 6) is -0.890. The molecule has 1 heterocycles. The van der Waals surface area contributed by atoms with Crippen LogP contribution >= 0.6 is 23.2 Å². The number of halogens is 2. The van der Waals surface area contributed by atoms with Gasteiger partial charge in [-0.15, -0.1) is 0 Å². The SMILES string of the molecule is Cc1c(Cl)cccc1N1C(=O)C(c2ccc(Cl)cc2)=C(N(C)CCO)C1=O. The minimum absolute atomic E-state index is 0.147. The topological polar surface area (TPSA) is 60.9 Å². The van der Waals surface area contributed by atoms with Gasteiger partial charge in [0.1, 0.15) is 5.70 Å². The third-order valence-corrected chi connectivity index (χ3v) is 5.15. The fraction of sp³-hybridized carbons (Fsp3) is 0.200. The number of carbonyl (C=O) groups excluding carboxylic acids is 2. The minimum atomic E-state index is -0.453. The highest BCUT2D eigenvalue weighted by Gasteiger charge is 2.42. The van der Waals surface area contributed by atoms with Crippen LogP contribution < -0.4 is 4.90 Å². The quantitative estimate of drug-likeness (QED) is 0.774. The van der Waals surface area contributed by atoms with E-state index in [1.54, 1.807) is 61.3 Å². The zero-order chi connectivity index (χ0) is 19.7. The molecule has 1 N–H and O–H groups in total. The molecule has 0 atom stereocenters. The number of hydrogen-bond donors (Lipinski definition) is 1. The molecule has 7 heteroatoms. The summed E-state index contributed by atoms with van der Waals surface area (Å²) in [6, 6.07) is 11.8. The monoisotopic (exact) mass is 404 g/mol. The Morgan fingerprint density at radius 2 is 1.70 bits per heavy atom. The first kappa shape index (κ1) is 19.4. The van der Waals surface area contributed by atoms with Crippen molar-refractivity contribution in [2.45, 2.75) is 6.92 Å². The molecule has 0 saturated carbocycles. The lowest BCUT2D eigenvalue weighted by atomic mass is 10.0. The van der Waals surface area contributed by atoms with Gasteiger partial charge >= 0.3 is 0 Å². The molecule has 2 aromatic carbocycles. The third-order valence-electron chi connectivity index (χ3n) is 4.49. The number of likely N-dealkylation sites (N-methyl/N-ethyl adjacent to an activating group) is 1. The van der Waals surface area contributed by atoms with Crippen molar-refractivity contribution in [3.63, 3.8) is 0 Å². The Labute approximate surface area is 167 Å². The molecule has 0 aromatic heterocycles. The van der Waals surface area contributed by atoms with Gasteiger partial charge < -0.3 is 10.0 Å². The van der Waals surface area contributed by atoms with E-state index < -0.39 is 11.8 Å². The number of aliphatic hydroxyl groups is 1. The Morgan fingerprint density at radius 3 is 2.33 bits per heavy atom. The summed E-state index contributed by atoms with van der Waals surface area (Å²) >= 11 is 12.1. The van der Waals surface area contributed by atoms with E-state index in [1.165, 1.54) is 0 Å². The highest BCUT2D eigenvalue weighted by atomic mass is 35.5. The molecular formula is C20H18Cl2N2O3. The number of rotatable bonds is 5. The van der Waals surface area contributed by atoms with Crippen LogP contribution in [-0.2, 0) is 9.59 Å². The summed E-state index contributed by atoms with van der Waals surface area (Å²) in [5, 5.41) is 10.3. The van der Waals surface area contributed by atoms with E-state index in [-0.39, 0.29) is 24.4 Å². The van der Waals surface area contributed by atoms with Gasteiger partial charge in [-0.3, -0.25) is 9.59 Å². The smallest absolute Gasteiger partial charge is 0.282 e. The molecule has 3 rings (SSSR count). The second-order valence-corrected chi connectivity index (χ2v) is 7.05. The summed E-state index contributed by atoms with van der Waals surface area (Å²) in [7, 11) is 1.67. The minimum Gasteiger partial charge on any atom is -0.395 e. The third kappa shape index (κ3) is 3.46. The Bertz CT molecular complexity index is 939. The fourth-order valence-electron chi connectivity index (χ4n) is 3.07. The van der Waals surface area contributed by atoms with Crippen molar-refractivity contribution in [2.75, 3.05) is 25.1 Å². The number of carbonyl (C=O) groups is 2. The van der Waals surface area contributed by atoms with Gasteiger partial charge in [0.15, 0.2) is 0 Å². The van der Waals surface area contributed by atoms with Gasteiger partial charge in [0.05, 0.1) is 17.9 Å². The van der Waals surface area contributed by atoms with Crippen molar-refractivity contribution in [2.24, 2.45) is 0 Å². The summed E-state index contributed by atoms with van der Waals surface area (Å²) in [6.07, 6.45) is 0. The van der Waals surface area contributed by atoms with Gasteiger partial charge in [-0.25, -0.2) is 4.90 Å². The number of aliphatic hydroxyl groups excluding tert-OH is 1. The lowest BCUT2D eigenvalue weighted by Gasteiger charge is -2.21. The summed E-state index contributed by atoms with van der Waals surface area (Å²) in [4.78, 5) is 29.2. The van der Waals surface area contributed by atoms with Crippen LogP contribution in [0.25, 0.3) is 5.57 Å². The molecule has 0 spiro atoms. The lowest BCUT2D eigenvalue weighted by Crippen LogP contribution is -2.35. The van der Waals surface area contributed by atoms with Crippen LogP contribution in [0.3, 0.4) is 0 Å². The molecule has 27 heavy (non-hydrogen) atoms. The number of imide groups is 1. The fourth-order valence-corrected chi connectivity index (χ4v) is 3.36. The maximum Gasteiger partial charge on any atom is 0.282 e. The van der Waals surface area contributed by atoms with Gasteiger partial charge in [0.2, 0.25) is 0 Å². The molecule has 1 aliphatic heterocycles. The van der Waals surface area contributed by atoms with Crippen molar-refractivity contribution in [3.05, 3.63) is 69.3 Å². The average Bonchev–Trinajstić information content (AvgIpc) is 2.89. The number of anilines is 1. The standard InChI is InChI=1S/C20H18Cl2N2O3/c1-12-15(22)4-3-5-16(12)24-19(26)17(13-6-8-14(21)9-7-13)18(20(24)27)23(2)10-11-25/h3-9,25H,10-11H2,1-2H3. The molecule has 140 valence electrons. The van der Waals surface area contributed by atoms with Crippen molar-refractivity contribution in [1.29, 1.82) is 0 Å². The van der Waals surface area contributed by atoms with E-state index in [2.05, 4.69) is 0 Å². The average molecular weight is 405 g/mol. The summed E-state index contributed by atoms with van der Waals surface area (Å²) in [6.45, 7) is 1.83. The first-order chi connectivity index (χ1) is 12.9. The van der Waals surface area contributed by atoms with Crippen LogP contribution in [-0.4, -0.2) is 42.0 Å². The van der Waals surface area contributed by atoms with Crippen molar-refractivity contribution >= 4 is 46.3 Å². The second-order valence-electron chi connectivity index (χ2n) is 6.21. The van der Waals surface area contributed by atoms with Gasteiger partial charge in [-0.05, 0) is 42.3 Å². The maximum atomic E-state index is 13.3. The molecule has 0 radical (unpaired) electrons. The molecule has 0 fully saturated rings. The molecule has 5 nitrogen and oxygen atoms in total. The van der Waals surface area contributed by atoms with Gasteiger partial charge in [0.25, 0.3) is 11.8 Å². The van der Waals surface area contributed by atoms with E-state index in [0.29, 0.717) is 26.9 Å². The zero-order valence-electron chi connectivity index (χ0n) is 14.9. The predicted octanol–water partition coefficient (Wildman–Crippen LogP) is 3.51. The van der Waals surface area contributed by atoms with Crippen LogP contribution in [0.1, 0.15) is 11.1 Å². The maximum absolute atomic E-state index is 13.3. The van der Waals surface area contributed by atoms with Crippen molar-refractivity contribution in [3.8, 4) is 0 Å². The predicted molar refractivity (Wildman–Crippen MR) is 107 cm³/mol. The summed E-state index contributed by atoms with van der Waals surface area (Å²) in [5.41, 5.74) is 2.17. The van der Waals surface area contributed by atoms with Gasteiger partial charge in [0, 0.05) is 23.6 Å². The molecule has 2 aromatic rings. The first-order valence-electron chi connectivity index (χ1n) is 8.33. The Hall–Kier alpha value is -2.34. The lowest BCUT2D eigenvalue weighted by molar-refractivity contribution is -0.120. The molecule has 2 amide bonds. The van der Waals surface area contributed by atoms with Crippen molar-refractivity contribution < 1.29 is 14.7 Å². The molecule has 1 aliphatic rings. The van der Waals surface area contributed by atoms with E-state index in [4.69, 9.17) is 23.2 Å².